The summed E-state index contributed by atoms with van der Waals surface area (Å²) < 4.78 is 0. The highest BCUT2D eigenvalue weighted by molar-refractivity contribution is 5.65. The lowest BCUT2D eigenvalue weighted by Gasteiger charge is -2.33. The topological polar surface area (TPSA) is 19.4 Å². The van der Waals surface area contributed by atoms with Crippen LogP contribution in [0.5, 0.6) is 0 Å². The van der Waals surface area contributed by atoms with Crippen molar-refractivity contribution < 1.29 is 0 Å². The molecule has 0 fully saturated rings. The first kappa shape index (κ1) is 8.77. The Morgan fingerprint density at radius 1 is 1.33 bits per heavy atom. The number of pyridine rings is 1. The van der Waals surface area contributed by atoms with Crippen LogP contribution >= 0.6 is 0 Å². The van der Waals surface area contributed by atoms with E-state index < -0.39 is 0 Å². The largest absolute Gasteiger partial charge is 0.358 e. The zero-order chi connectivity index (χ0) is 10.6. The van der Waals surface area contributed by atoms with Gasteiger partial charge in [0.05, 0.1) is 0 Å². The first-order chi connectivity index (χ1) is 7.12. The summed E-state index contributed by atoms with van der Waals surface area (Å²) in [5.74, 6) is 0. The Hall–Kier alpha value is -1.51. The molecule has 1 unspecified atom stereocenters. The average Bonchev–Trinajstić information content (AvgIpc) is 2.69. The molecule has 1 aromatic rings. The van der Waals surface area contributed by atoms with E-state index in [1.54, 1.807) is 0 Å². The lowest BCUT2D eigenvalue weighted by atomic mass is 9.85. The van der Waals surface area contributed by atoms with Crippen LogP contribution in [0.3, 0.4) is 0 Å². The summed E-state index contributed by atoms with van der Waals surface area (Å²) in [5.41, 5.74) is 2.76. The Kier molecular flexibility index (Phi) is 1.48. The van der Waals surface area contributed by atoms with E-state index in [1.165, 1.54) is 11.3 Å². The number of hydrogen-bond acceptors (Lipinski definition) is 3. The zero-order valence-corrected chi connectivity index (χ0v) is 9.31. The van der Waals surface area contributed by atoms with E-state index in [2.05, 4.69) is 54.1 Å². The zero-order valence-electron chi connectivity index (χ0n) is 9.31. The van der Waals surface area contributed by atoms with Gasteiger partial charge < -0.3 is 9.80 Å². The fourth-order valence-electron chi connectivity index (χ4n) is 2.85. The molecule has 0 aromatic carbocycles. The van der Waals surface area contributed by atoms with E-state index in [0.717, 1.165) is 0 Å². The van der Waals surface area contributed by atoms with Crippen LogP contribution in [0.1, 0.15) is 19.4 Å². The maximum atomic E-state index is 4.24. The average molecular weight is 201 g/mol. The van der Waals surface area contributed by atoms with Crippen molar-refractivity contribution in [2.75, 3.05) is 11.9 Å². The van der Waals surface area contributed by atoms with Gasteiger partial charge in [-0.25, -0.2) is 0 Å². The fraction of sp³-hybridized carbons (Fsp3) is 0.417. The molecule has 0 bridgehead atoms. The SMILES string of the molecule is CN1C=CN2c3ccncc3C(C)(C)C12. The normalized spacial score (nSPS) is 25.7. The minimum absolute atomic E-state index is 0.127. The number of rotatable bonds is 0. The molecular weight excluding hydrogens is 186 g/mol. The summed E-state index contributed by atoms with van der Waals surface area (Å²) in [7, 11) is 2.13. The van der Waals surface area contributed by atoms with Crippen LogP contribution in [0, 0.1) is 0 Å². The van der Waals surface area contributed by atoms with Crippen molar-refractivity contribution in [3.05, 3.63) is 36.4 Å². The highest BCUT2D eigenvalue weighted by Gasteiger charge is 2.47. The summed E-state index contributed by atoms with van der Waals surface area (Å²) in [5, 5.41) is 0. The molecule has 0 N–H and O–H groups in total. The molecule has 2 aliphatic heterocycles. The van der Waals surface area contributed by atoms with E-state index in [4.69, 9.17) is 0 Å². The predicted molar refractivity (Wildman–Crippen MR) is 60.4 cm³/mol. The minimum Gasteiger partial charge on any atom is -0.358 e. The van der Waals surface area contributed by atoms with Gasteiger partial charge in [0, 0.05) is 48.5 Å². The molecule has 78 valence electrons. The van der Waals surface area contributed by atoms with Gasteiger partial charge in [-0.05, 0) is 6.07 Å². The highest BCUT2D eigenvalue weighted by atomic mass is 15.4. The molecule has 0 saturated carbocycles. The third-order valence-electron chi connectivity index (χ3n) is 3.53. The van der Waals surface area contributed by atoms with Crippen LogP contribution in [0.4, 0.5) is 5.69 Å². The number of hydrogen-bond donors (Lipinski definition) is 0. The third kappa shape index (κ3) is 0.928. The Labute approximate surface area is 90.0 Å². The summed E-state index contributed by atoms with van der Waals surface area (Å²) >= 11 is 0. The maximum absolute atomic E-state index is 4.24. The predicted octanol–water partition coefficient (Wildman–Crippen LogP) is 1.92. The molecule has 0 radical (unpaired) electrons. The molecule has 0 saturated heterocycles. The van der Waals surface area contributed by atoms with Gasteiger partial charge in [-0.1, -0.05) is 13.8 Å². The van der Waals surface area contributed by atoms with Crippen molar-refractivity contribution in [2.45, 2.75) is 25.4 Å². The smallest absolute Gasteiger partial charge is 0.114 e. The van der Waals surface area contributed by atoms with E-state index in [9.17, 15) is 0 Å². The lowest BCUT2D eigenvalue weighted by Crippen LogP contribution is -2.44. The molecule has 3 heterocycles. The summed E-state index contributed by atoms with van der Waals surface area (Å²) in [6.45, 7) is 4.56. The lowest BCUT2D eigenvalue weighted by molar-refractivity contribution is 0.261. The van der Waals surface area contributed by atoms with Gasteiger partial charge in [0.15, 0.2) is 0 Å². The van der Waals surface area contributed by atoms with Crippen molar-refractivity contribution in [3.63, 3.8) is 0 Å². The second-order valence-electron chi connectivity index (χ2n) is 4.86. The van der Waals surface area contributed by atoms with Crippen molar-refractivity contribution in [3.8, 4) is 0 Å². The number of anilines is 1. The fourth-order valence-corrected chi connectivity index (χ4v) is 2.85. The molecule has 1 aromatic heterocycles. The number of nitrogens with zero attached hydrogens (tertiary/aromatic N) is 3. The van der Waals surface area contributed by atoms with Crippen molar-refractivity contribution >= 4 is 5.69 Å². The van der Waals surface area contributed by atoms with Crippen LogP contribution in [-0.4, -0.2) is 23.1 Å². The van der Waals surface area contributed by atoms with E-state index in [1.807, 2.05) is 12.4 Å². The van der Waals surface area contributed by atoms with Gasteiger partial charge in [-0.2, -0.15) is 0 Å². The van der Waals surface area contributed by atoms with Gasteiger partial charge in [0.1, 0.15) is 6.17 Å². The molecule has 0 amide bonds. The van der Waals surface area contributed by atoms with Crippen molar-refractivity contribution in [1.29, 1.82) is 0 Å². The molecule has 3 rings (SSSR count). The van der Waals surface area contributed by atoms with Gasteiger partial charge >= 0.3 is 0 Å². The number of aromatic nitrogens is 1. The second kappa shape index (κ2) is 2.54. The van der Waals surface area contributed by atoms with Gasteiger partial charge in [-0.15, -0.1) is 0 Å². The Bertz CT molecular complexity index is 436. The standard InChI is InChI=1S/C12H15N3/c1-12(2)9-8-13-5-4-10(9)15-7-6-14(3)11(12)15/h4-8,11H,1-3H3. The van der Waals surface area contributed by atoms with Crippen LogP contribution in [0.15, 0.2) is 30.9 Å². The van der Waals surface area contributed by atoms with Crippen molar-refractivity contribution in [2.24, 2.45) is 0 Å². The number of fused-ring (bicyclic) bond motifs is 3. The summed E-state index contributed by atoms with van der Waals surface area (Å²) in [6, 6.07) is 2.10. The molecule has 2 aliphatic rings. The maximum Gasteiger partial charge on any atom is 0.114 e. The Morgan fingerprint density at radius 2 is 2.13 bits per heavy atom. The minimum atomic E-state index is 0.127. The van der Waals surface area contributed by atoms with Crippen molar-refractivity contribution in [1.82, 2.24) is 9.88 Å². The molecule has 0 spiro atoms. The first-order valence-corrected chi connectivity index (χ1v) is 5.25. The van der Waals surface area contributed by atoms with Gasteiger partial charge in [-0.3, -0.25) is 4.98 Å². The molecular formula is C12H15N3. The number of likely N-dealkylation sites (N-methyl/N-ethyl adjacent to an activating group) is 1. The van der Waals surface area contributed by atoms with Gasteiger partial charge in [0.25, 0.3) is 0 Å². The van der Waals surface area contributed by atoms with Gasteiger partial charge in [0.2, 0.25) is 0 Å². The molecule has 1 atom stereocenters. The Morgan fingerprint density at radius 3 is 2.93 bits per heavy atom. The third-order valence-corrected chi connectivity index (χ3v) is 3.53. The van der Waals surface area contributed by atoms with E-state index in [0.29, 0.717) is 6.17 Å². The molecule has 15 heavy (non-hydrogen) atoms. The van der Waals surface area contributed by atoms with Crippen LogP contribution in [0.2, 0.25) is 0 Å². The van der Waals surface area contributed by atoms with Crippen LogP contribution in [0.25, 0.3) is 0 Å². The van der Waals surface area contributed by atoms with Crippen LogP contribution < -0.4 is 4.90 Å². The Balaban J connectivity index is 2.22. The quantitative estimate of drug-likeness (QED) is 0.639. The highest BCUT2D eigenvalue weighted by Crippen LogP contribution is 2.47. The van der Waals surface area contributed by atoms with Crippen LogP contribution in [-0.2, 0) is 5.41 Å². The summed E-state index contributed by atoms with van der Waals surface area (Å²) in [4.78, 5) is 8.83. The second-order valence-corrected chi connectivity index (χ2v) is 4.86. The first-order valence-electron chi connectivity index (χ1n) is 5.25. The molecule has 0 aliphatic carbocycles. The van der Waals surface area contributed by atoms with E-state index in [-0.39, 0.29) is 5.41 Å². The molecule has 3 nitrogen and oxygen atoms in total. The molecule has 3 heteroatoms. The monoisotopic (exact) mass is 201 g/mol. The summed E-state index contributed by atoms with van der Waals surface area (Å²) in [6.07, 6.45) is 8.55. The van der Waals surface area contributed by atoms with E-state index >= 15 is 0 Å².